The van der Waals surface area contributed by atoms with Crippen LogP contribution in [0.3, 0.4) is 0 Å². The molecule has 4 amide bonds. The van der Waals surface area contributed by atoms with Crippen molar-refractivity contribution >= 4 is 23.6 Å². The Morgan fingerprint density at radius 2 is 0.769 bits per heavy atom. The van der Waals surface area contributed by atoms with Crippen LogP contribution in [0, 0.1) is 0 Å². The maximum Gasteiger partial charge on any atom is 0.255 e. The predicted octanol–water partition coefficient (Wildman–Crippen LogP) is 2.84. The first-order valence-corrected chi connectivity index (χ1v) is 9.69. The van der Waals surface area contributed by atoms with E-state index in [9.17, 15) is 19.2 Å². The van der Waals surface area contributed by atoms with Gasteiger partial charge in [-0.1, -0.05) is 44.9 Å². The van der Waals surface area contributed by atoms with Gasteiger partial charge in [0.15, 0.2) is 0 Å². The predicted molar refractivity (Wildman–Crippen MR) is 95.5 cm³/mol. The Morgan fingerprint density at radius 1 is 0.500 bits per heavy atom. The van der Waals surface area contributed by atoms with Crippen LogP contribution in [-0.4, -0.2) is 39.1 Å². The van der Waals surface area contributed by atoms with Crippen LogP contribution in [0.25, 0.3) is 0 Å². The Kier molecular flexibility index (Phi) is 5.69. The molecule has 140 valence electrons. The van der Waals surface area contributed by atoms with E-state index in [1.807, 2.05) is 0 Å². The summed E-state index contributed by atoms with van der Waals surface area (Å²) in [4.78, 5) is 50.2. The molecule has 2 heterocycles. The number of rotatable bonds is 2. The molecule has 4 rings (SSSR count). The second-order valence-electron chi connectivity index (χ2n) is 7.35. The smallest absolute Gasteiger partial charge is 0.255 e. The molecular formula is C20H26N2O4. The van der Waals surface area contributed by atoms with Gasteiger partial charge in [-0.05, 0) is 25.7 Å². The largest absolute Gasteiger partial charge is 0.269 e. The van der Waals surface area contributed by atoms with Crippen molar-refractivity contribution < 1.29 is 19.2 Å². The first-order chi connectivity index (χ1) is 12.6. The summed E-state index contributed by atoms with van der Waals surface area (Å²) in [6.45, 7) is 0. The van der Waals surface area contributed by atoms with Gasteiger partial charge in [-0.3, -0.25) is 29.0 Å². The summed E-state index contributed by atoms with van der Waals surface area (Å²) in [7, 11) is 0. The van der Waals surface area contributed by atoms with Crippen molar-refractivity contribution in [2.75, 3.05) is 0 Å². The van der Waals surface area contributed by atoms with Crippen molar-refractivity contribution in [1.82, 2.24) is 9.80 Å². The fraction of sp³-hybridized carbons (Fsp3) is 0.600. The molecule has 0 radical (unpaired) electrons. The molecule has 2 fully saturated rings. The second-order valence-corrected chi connectivity index (χ2v) is 7.35. The molecule has 6 nitrogen and oxygen atoms in total. The van der Waals surface area contributed by atoms with Crippen molar-refractivity contribution in [2.24, 2.45) is 0 Å². The number of amides is 4. The zero-order chi connectivity index (χ0) is 18.6. The Bertz CT molecular complexity index is 563. The zero-order valence-electron chi connectivity index (χ0n) is 15.1. The topological polar surface area (TPSA) is 74.8 Å². The van der Waals surface area contributed by atoms with Gasteiger partial charge in [-0.2, -0.15) is 0 Å². The second kappa shape index (κ2) is 7.98. The number of imide groups is 2. The van der Waals surface area contributed by atoms with Gasteiger partial charge < -0.3 is 0 Å². The minimum Gasteiger partial charge on any atom is -0.269 e. The number of nitrogens with zero attached hydrogens (tertiary/aromatic N) is 2. The highest BCUT2D eigenvalue weighted by atomic mass is 16.2. The molecule has 0 saturated heterocycles. The van der Waals surface area contributed by atoms with Gasteiger partial charge in [0, 0.05) is 24.3 Å². The summed E-state index contributed by atoms with van der Waals surface area (Å²) >= 11 is 0. The molecule has 0 unspecified atom stereocenters. The lowest BCUT2D eigenvalue weighted by Gasteiger charge is -2.47. The Balaban J connectivity index is 0.000000278. The van der Waals surface area contributed by atoms with Crippen molar-refractivity contribution in [3.8, 4) is 0 Å². The molecule has 0 N–H and O–H groups in total. The van der Waals surface area contributed by atoms with E-state index >= 15 is 0 Å². The minimum atomic E-state index is -1.13. The van der Waals surface area contributed by atoms with Crippen LogP contribution in [0.5, 0.6) is 0 Å². The van der Waals surface area contributed by atoms with Crippen LogP contribution in [0.1, 0.15) is 70.6 Å². The van der Waals surface area contributed by atoms with Crippen molar-refractivity contribution in [2.45, 2.75) is 76.3 Å². The van der Waals surface area contributed by atoms with E-state index in [0.717, 1.165) is 29.1 Å². The normalized spacial score (nSPS) is 24.9. The number of hydrogen-bond acceptors (Lipinski definition) is 4. The fourth-order valence-corrected chi connectivity index (χ4v) is 4.35. The van der Waals surface area contributed by atoms with Gasteiger partial charge in [0.2, 0.25) is 0 Å². The molecule has 4 aliphatic rings. The maximum absolute atomic E-state index is 12.0. The van der Waals surface area contributed by atoms with Crippen LogP contribution in [0.2, 0.25) is 0 Å². The summed E-state index contributed by atoms with van der Waals surface area (Å²) in [6.07, 6.45) is 17.2. The first kappa shape index (κ1) is 18.5. The summed E-state index contributed by atoms with van der Waals surface area (Å²) < 4.78 is 0. The molecule has 0 bridgehead atoms. The highest BCUT2D eigenvalue weighted by molar-refractivity contribution is 6.17. The quantitative estimate of drug-likeness (QED) is 0.712. The third kappa shape index (κ3) is 3.50. The Morgan fingerprint density at radius 3 is 1.08 bits per heavy atom. The lowest BCUT2D eigenvalue weighted by molar-refractivity contribution is -0.167. The van der Waals surface area contributed by atoms with Crippen molar-refractivity contribution in [1.29, 1.82) is 0 Å². The molecular weight excluding hydrogens is 332 g/mol. The van der Waals surface area contributed by atoms with E-state index in [1.54, 1.807) is 0 Å². The maximum atomic E-state index is 12.0. The molecule has 0 aromatic rings. The summed E-state index contributed by atoms with van der Waals surface area (Å²) in [6, 6.07) is 0. The highest BCUT2D eigenvalue weighted by Crippen LogP contribution is 2.40. The van der Waals surface area contributed by atoms with E-state index in [2.05, 4.69) is 0 Å². The summed E-state index contributed by atoms with van der Waals surface area (Å²) in [5.41, 5.74) is -1.13. The SMILES string of the molecule is C1CCCCC1.O=C1C=CC(=O)N1C1(N2C(=O)C=CC2=O)CCCCC1. The van der Waals surface area contributed by atoms with E-state index in [-0.39, 0.29) is 0 Å². The van der Waals surface area contributed by atoms with Crippen molar-refractivity contribution in [3.05, 3.63) is 24.3 Å². The first-order valence-electron chi connectivity index (χ1n) is 9.69. The molecule has 6 heteroatoms. The molecule has 2 aliphatic carbocycles. The van der Waals surface area contributed by atoms with Crippen LogP contribution >= 0.6 is 0 Å². The minimum absolute atomic E-state index is 0.450. The van der Waals surface area contributed by atoms with Gasteiger partial charge in [0.05, 0.1) is 0 Å². The number of hydrogen-bond donors (Lipinski definition) is 0. The lowest BCUT2D eigenvalue weighted by atomic mass is 9.86. The van der Waals surface area contributed by atoms with Gasteiger partial charge in [-0.25, -0.2) is 0 Å². The van der Waals surface area contributed by atoms with Gasteiger partial charge >= 0.3 is 0 Å². The van der Waals surface area contributed by atoms with Crippen LogP contribution in [0.4, 0.5) is 0 Å². The van der Waals surface area contributed by atoms with Crippen molar-refractivity contribution in [3.63, 3.8) is 0 Å². The highest BCUT2D eigenvalue weighted by Gasteiger charge is 2.53. The molecule has 0 aromatic carbocycles. The van der Waals surface area contributed by atoms with Gasteiger partial charge in [0.25, 0.3) is 23.6 Å². The average Bonchev–Trinajstić information content (AvgIpc) is 3.19. The third-order valence-corrected chi connectivity index (χ3v) is 5.61. The molecule has 2 aliphatic heterocycles. The van der Waals surface area contributed by atoms with E-state index < -0.39 is 29.3 Å². The lowest BCUT2D eigenvalue weighted by Crippen LogP contribution is -2.65. The summed E-state index contributed by atoms with van der Waals surface area (Å²) in [5, 5.41) is 0. The van der Waals surface area contributed by atoms with Crippen LogP contribution in [-0.2, 0) is 19.2 Å². The summed E-state index contributed by atoms with van der Waals surface area (Å²) in [5.74, 6) is -1.82. The zero-order valence-corrected chi connectivity index (χ0v) is 15.1. The number of carbonyl (C=O) groups excluding carboxylic acids is 4. The van der Waals surface area contributed by atoms with Crippen LogP contribution < -0.4 is 0 Å². The molecule has 0 atom stereocenters. The molecule has 2 saturated carbocycles. The monoisotopic (exact) mass is 358 g/mol. The van der Waals surface area contributed by atoms with E-state index in [1.165, 1.54) is 62.8 Å². The number of carbonyl (C=O) groups is 4. The Hall–Kier alpha value is -2.24. The molecule has 26 heavy (non-hydrogen) atoms. The molecule has 0 aromatic heterocycles. The van der Waals surface area contributed by atoms with Gasteiger partial charge in [0.1, 0.15) is 5.66 Å². The standard InChI is InChI=1S/C14H14N2O4.C6H12/c17-10-4-5-11(18)15(10)14(8-2-1-3-9-14)16-12(19)6-7-13(16)20;1-2-4-6-5-3-1/h4-7H,1-3,8-9H2;1-6H2. The fourth-order valence-electron chi connectivity index (χ4n) is 4.35. The van der Waals surface area contributed by atoms with Crippen LogP contribution in [0.15, 0.2) is 24.3 Å². The van der Waals surface area contributed by atoms with E-state index in [0.29, 0.717) is 12.8 Å². The molecule has 0 spiro atoms. The Labute approximate surface area is 153 Å². The van der Waals surface area contributed by atoms with Gasteiger partial charge in [-0.15, -0.1) is 0 Å². The van der Waals surface area contributed by atoms with E-state index in [4.69, 9.17) is 0 Å². The average molecular weight is 358 g/mol. The third-order valence-electron chi connectivity index (χ3n) is 5.61.